The SMILES string of the molecule is COc1ccc(CNC2CCOC23CCN(c2cnc4c(I)nn(C5CCCCO5)c4n2)CC3)cc1. The van der Waals surface area contributed by atoms with Gasteiger partial charge in [-0.05, 0) is 78.8 Å². The molecule has 1 spiro atoms. The highest BCUT2D eigenvalue weighted by Gasteiger charge is 2.46. The number of piperidine rings is 1. The van der Waals surface area contributed by atoms with Crippen molar-refractivity contribution >= 4 is 39.6 Å². The molecule has 10 heteroatoms. The minimum absolute atomic E-state index is 0.0524. The van der Waals surface area contributed by atoms with Crippen LogP contribution in [0.2, 0.25) is 0 Å². The number of aromatic nitrogens is 4. The van der Waals surface area contributed by atoms with Gasteiger partial charge in [0.25, 0.3) is 0 Å². The topological polar surface area (TPSA) is 86.6 Å². The second-order valence-corrected chi connectivity index (χ2v) is 10.9. The predicted octanol–water partition coefficient (Wildman–Crippen LogP) is 4.06. The summed E-state index contributed by atoms with van der Waals surface area (Å²) in [7, 11) is 1.70. The predicted molar refractivity (Wildman–Crippen MR) is 145 cm³/mol. The van der Waals surface area contributed by atoms with E-state index in [1.54, 1.807) is 7.11 Å². The molecule has 0 radical (unpaired) electrons. The number of methoxy groups -OCH3 is 1. The van der Waals surface area contributed by atoms with Gasteiger partial charge in [-0.2, -0.15) is 5.10 Å². The highest BCUT2D eigenvalue weighted by Crippen LogP contribution is 2.38. The Hall–Kier alpha value is -2.02. The lowest BCUT2D eigenvalue weighted by Gasteiger charge is -2.42. The summed E-state index contributed by atoms with van der Waals surface area (Å²) in [4.78, 5) is 12.1. The van der Waals surface area contributed by atoms with Crippen LogP contribution in [0.15, 0.2) is 30.5 Å². The molecule has 3 saturated heterocycles. The number of benzene rings is 1. The number of nitrogens with zero attached hydrogens (tertiary/aromatic N) is 5. The second kappa shape index (κ2) is 10.4. The summed E-state index contributed by atoms with van der Waals surface area (Å²) in [5.74, 6) is 1.79. The molecule has 3 aromatic rings. The van der Waals surface area contributed by atoms with Gasteiger partial charge in [0.15, 0.2) is 15.6 Å². The van der Waals surface area contributed by atoms with E-state index in [-0.39, 0.29) is 11.8 Å². The molecule has 1 aromatic carbocycles. The Balaban J connectivity index is 1.13. The summed E-state index contributed by atoms with van der Waals surface area (Å²) in [5, 5.41) is 8.50. The molecule has 0 saturated carbocycles. The van der Waals surface area contributed by atoms with Crippen molar-refractivity contribution in [2.24, 2.45) is 0 Å². The van der Waals surface area contributed by atoms with Crippen molar-refractivity contribution in [1.82, 2.24) is 25.1 Å². The molecule has 36 heavy (non-hydrogen) atoms. The van der Waals surface area contributed by atoms with Gasteiger partial charge in [-0.25, -0.2) is 14.6 Å². The van der Waals surface area contributed by atoms with Gasteiger partial charge in [0.2, 0.25) is 0 Å². The molecule has 1 N–H and O–H groups in total. The first-order valence-corrected chi connectivity index (χ1v) is 14.0. The lowest BCUT2D eigenvalue weighted by molar-refractivity contribution is -0.0372. The highest BCUT2D eigenvalue weighted by molar-refractivity contribution is 14.1. The van der Waals surface area contributed by atoms with Crippen LogP contribution in [-0.4, -0.2) is 64.8 Å². The summed E-state index contributed by atoms with van der Waals surface area (Å²) in [6, 6.07) is 8.62. The van der Waals surface area contributed by atoms with Gasteiger partial charge in [0.1, 0.15) is 17.1 Å². The monoisotopic (exact) mass is 604 g/mol. The molecule has 6 rings (SSSR count). The zero-order valence-corrected chi connectivity index (χ0v) is 22.8. The summed E-state index contributed by atoms with van der Waals surface area (Å²) < 4.78 is 20.5. The van der Waals surface area contributed by atoms with Crippen LogP contribution in [0.1, 0.15) is 50.3 Å². The normalized spacial score (nSPS) is 24.0. The average molecular weight is 604 g/mol. The summed E-state index contributed by atoms with van der Waals surface area (Å²) in [6.45, 7) is 4.21. The maximum atomic E-state index is 6.40. The largest absolute Gasteiger partial charge is 0.497 e. The number of halogens is 1. The zero-order chi connectivity index (χ0) is 24.5. The maximum absolute atomic E-state index is 6.40. The van der Waals surface area contributed by atoms with Crippen molar-refractivity contribution in [3.05, 3.63) is 39.7 Å². The number of hydrogen-bond acceptors (Lipinski definition) is 8. The molecule has 3 aliphatic heterocycles. The fourth-order valence-corrected chi connectivity index (χ4v) is 6.37. The van der Waals surface area contributed by atoms with Gasteiger partial charge >= 0.3 is 0 Å². The van der Waals surface area contributed by atoms with Gasteiger partial charge in [-0.1, -0.05) is 12.1 Å². The van der Waals surface area contributed by atoms with Gasteiger partial charge < -0.3 is 24.4 Å². The second-order valence-electron chi connectivity index (χ2n) is 9.93. The van der Waals surface area contributed by atoms with E-state index in [9.17, 15) is 0 Å². The van der Waals surface area contributed by atoms with E-state index >= 15 is 0 Å². The third-order valence-electron chi connectivity index (χ3n) is 7.85. The summed E-state index contributed by atoms with van der Waals surface area (Å²) in [5.41, 5.74) is 2.81. The minimum atomic E-state index is -0.117. The Bertz CT molecular complexity index is 1190. The van der Waals surface area contributed by atoms with E-state index in [1.807, 2.05) is 23.0 Å². The number of rotatable bonds is 6. The summed E-state index contributed by atoms with van der Waals surface area (Å²) >= 11 is 2.25. The smallest absolute Gasteiger partial charge is 0.182 e. The van der Waals surface area contributed by atoms with Gasteiger partial charge in [-0.3, -0.25) is 0 Å². The Morgan fingerprint density at radius 3 is 2.72 bits per heavy atom. The molecule has 0 amide bonds. The van der Waals surface area contributed by atoms with Crippen LogP contribution in [0.5, 0.6) is 5.75 Å². The highest BCUT2D eigenvalue weighted by atomic mass is 127. The summed E-state index contributed by atoms with van der Waals surface area (Å²) in [6.07, 6.45) is 8.04. The van der Waals surface area contributed by atoms with Crippen molar-refractivity contribution in [1.29, 1.82) is 0 Å². The first kappa shape index (κ1) is 24.3. The van der Waals surface area contributed by atoms with Crippen molar-refractivity contribution in [3.8, 4) is 5.75 Å². The molecular formula is C26H33IN6O3. The number of hydrogen-bond donors (Lipinski definition) is 1. The van der Waals surface area contributed by atoms with E-state index < -0.39 is 0 Å². The Morgan fingerprint density at radius 1 is 1.14 bits per heavy atom. The molecule has 2 atom stereocenters. The van der Waals surface area contributed by atoms with Gasteiger partial charge in [-0.15, -0.1) is 0 Å². The molecule has 9 nitrogen and oxygen atoms in total. The van der Waals surface area contributed by atoms with E-state index in [0.29, 0.717) is 6.04 Å². The van der Waals surface area contributed by atoms with E-state index in [2.05, 4.69) is 44.9 Å². The Kier molecular flexibility index (Phi) is 7.02. The van der Waals surface area contributed by atoms with Crippen molar-refractivity contribution < 1.29 is 14.2 Å². The molecule has 5 heterocycles. The molecule has 192 valence electrons. The van der Waals surface area contributed by atoms with E-state index in [0.717, 1.165) is 97.8 Å². The number of ether oxygens (including phenoxy) is 3. The number of fused-ring (bicyclic) bond motifs is 1. The molecule has 3 fully saturated rings. The fraction of sp³-hybridized carbons (Fsp3) is 0.577. The van der Waals surface area contributed by atoms with Gasteiger partial charge in [0, 0.05) is 38.9 Å². The third-order valence-corrected chi connectivity index (χ3v) is 8.58. The van der Waals surface area contributed by atoms with Crippen LogP contribution >= 0.6 is 22.6 Å². The Labute approximate surface area is 225 Å². The molecular weight excluding hydrogens is 571 g/mol. The lowest BCUT2D eigenvalue weighted by Crippen LogP contribution is -2.54. The van der Waals surface area contributed by atoms with E-state index in [1.165, 1.54) is 5.56 Å². The van der Waals surface area contributed by atoms with Crippen LogP contribution in [0.3, 0.4) is 0 Å². The molecule has 0 aliphatic carbocycles. The molecule has 2 unspecified atom stereocenters. The van der Waals surface area contributed by atoms with Gasteiger partial charge in [0.05, 0.1) is 18.9 Å². The van der Waals surface area contributed by atoms with Crippen LogP contribution in [0.4, 0.5) is 5.82 Å². The van der Waals surface area contributed by atoms with Crippen molar-refractivity contribution in [3.63, 3.8) is 0 Å². The average Bonchev–Trinajstić information content (AvgIpc) is 3.48. The molecule has 2 aromatic heterocycles. The number of nitrogens with one attached hydrogen (secondary N) is 1. The minimum Gasteiger partial charge on any atom is -0.497 e. The molecule has 3 aliphatic rings. The standard InChI is InChI=1S/C26H33IN6O3/c1-34-19-7-5-18(6-8-19)16-28-20-9-15-36-26(20)10-12-32(13-11-26)21-17-29-23-24(27)31-33(25(23)30-21)22-4-2-3-14-35-22/h5-8,17,20,22,28H,2-4,9-16H2,1H3. The Morgan fingerprint density at radius 2 is 1.97 bits per heavy atom. The lowest BCUT2D eigenvalue weighted by atomic mass is 9.84. The molecule has 0 bridgehead atoms. The third kappa shape index (κ3) is 4.68. The quantitative estimate of drug-likeness (QED) is 0.422. The van der Waals surface area contributed by atoms with Crippen molar-refractivity contribution in [2.75, 3.05) is 38.3 Å². The zero-order valence-electron chi connectivity index (χ0n) is 20.7. The van der Waals surface area contributed by atoms with Crippen LogP contribution in [0.25, 0.3) is 11.2 Å². The first-order valence-electron chi connectivity index (χ1n) is 12.9. The van der Waals surface area contributed by atoms with Crippen LogP contribution in [0, 0.1) is 3.70 Å². The van der Waals surface area contributed by atoms with Crippen LogP contribution < -0.4 is 15.0 Å². The fourth-order valence-electron chi connectivity index (χ4n) is 5.76. The number of anilines is 1. The maximum Gasteiger partial charge on any atom is 0.182 e. The van der Waals surface area contributed by atoms with Crippen molar-refractivity contribution in [2.45, 2.75) is 62.9 Å². The first-order chi connectivity index (χ1) is 17.6. The van der Waals surface area contributed by atoms with Crippen LogP contribution in [-0.2, 0) is 16.0 Å². The van der Waals surface area contributed by atoms with E-state index in [4.69, 9.17) is 29.3 Å².